The molecule has 114 valence electrons. The second-order valence-electron chi connectivity index (χ2n) is 7.05. The molecule has 3 heteroatoms. The SMILES string of the molecule is O=C(CC1CCCCCC1)C1CCOC2(CCOC2)C1. The number of rotatable bonds is 3. The van der Waals surface area contributed by atoms with E-state index in [0.29, 0.717) is 18.3 Å². The second-order valence-corrected chi connectivity index (χ2v) is 7.05. The zero-order valence-corrected chi connectivity index (χ0v) is 12.6. The van der Waals surface area contributed by atoms with Gasteiger partial charge in [0.25, 0.3) is 0 Å². The fourth-order valence-corrected chi connectivity index (χ4v) is 4.19. The van der Waals surface area contributed by atoms with E-state index in [4.69, 9.17) is 9.47 Å². The van der Waals surface area contributed by atoms with E-state index in [-0.39, 0.29) is 11.5 Å². The van der Waals surface area contributed by atoms with E-state index in [1.54, 1.807) is 0 Å². The third kappa shape index (κ3) is 3.43. The third-order valence-electron chi connectivity index (χ3n) is 5.48. The Morgan fingerprint density at radius 2 is 1.85 bits per heavy atom. The number of carbonyl (C=O) groups is 1. The van der Waals surface area contributed by atoms with Crippen molar-refractivity contribution < 1.29 is 14.3 Å². The summed E-state index contributed by atoms with van der Waals surface area (Å²) in [6.07, 6.45) is 11.5. The lowest BCUT2D eigenvalue weighted by atomic mass is 9.80. The number of carbonyl (C=O) groups excluding carboxylic acids is 1. The Bertz CT molecular complexity index is 325. The highest BCUT2D eigenvalue weighted by Crippen LogP contribution is 2.37. The van der Waals surface area contributed by atoms with Crippen LogP contribution >= 0.6 is 0 Å². The average Bonchev–Trinajstić information content (AvgIpc) is 2.74. The van der Waals surface area contributed by atoms with E-state index in [1.807, 2.05) is 0 Å². The summed E-state index contributed by atoms with van der Waals surface area (Å²) in [5.74, 6) is 1.39. The fourth-order valence-electron chi connectivity index (χ4n) is 4.19. The minimum absolute atomic E-state index is 0.123. The molecule has 3 nitrogen and oxygen atoms in total. The number of hydrogen-bond donors (Lipinski definition) is 0. The van der Waals surface area contributed by atoms with Crippen molar-refractivity contribution >= 4 is 5.78 Å². The maximum atomic E-state index is 12.6. The smallest absolute Gasteiger partial charge is 0.136 e. The lowest BCUT2D eigenvalue weighted by Crippen LogP contribution is -2.42. The van der Waals surface area contributed by atoms with Crippen molar-refractivity contribution in [2.24, 2.45) is 11.8 Å². The molecule has 0 bridgehead atoms. The quantitative estimate of drug-likeness (QED) is 0.742. The molecule has 0 radical (unpaired) electrons. The molecule has 3 fully saturated rings. The van der Waals surface area contributed by atoms with Crippen LogP contribution in [0.1, 0.15) is 64.2 Å². The largest absolute Gasteiger partial charge is 0.378 e. The lowest BCUT2D eigenvalue weighted by Gasteiger charge is -2.36. The van der Waals surface area contributed by atoms with Crippen LogP contribution in [0.25, 0.3) is 0 Å². The average molecular weight is 280 g/mol. The van der Waals surface area contributed by atoms with Crippen LogP contribution in [0.4, 0.5) is 0 Å². The van der Waals surface area contributed by atoms with Gasteiger partial charge in [-0.15, -0.1) is 0 Å². The van der Waals surface area contributed by atoms with Crippen molar-refractivity contribution in [1.82, 2.24) is 0 Å². The van der Waals surface area contributed by atoms with Gasteiger partial charge < -0.3 is 9.47 Å². The van der Waals surface area contributed by atoms with Crippen molar-refractivity contribution in [2.75, 3.05) is 19.8 Å². The van der Waals surface area contributed by atoms with E-state index < -0.39 is 0 Å². The van der Waals surface area contributed by atoms with Gasteiger partial charge in [-0.05, 0) is 18.8 Å². The van der Waals surface area contributed by atoms with Crippen LogP contribution in [-0.4, -0.2) is 31.2 Å². The van der Waals surface area contributed by atoms with Gasteiger partial charge in [-0.1, -0.05) is 38.5 Å². The molecule has 0 aromatic rings. The first-order valence-corrected chi connectivity index (χ1v) is 8.52. The molecule has 2 unspecified atom stereocenters. The molecule has 0 amide bonds. The van der Waals surface area contributed by atoms with Crippen LogP contribution in [0.2, 0.25) is 0 Å². The van der Waals surface area contributed by atoms with Crippen molar-refractivity contribution in [3.05, 3.63) is 0 Å². The molecular weight excluding hydrogens is 252 g/mol. The summed E-state index contributed by atoms with van der Waals surface area (Å²) < 4.78 is 11.4. The summed E-state index contributed by atoms with van der Waals surface area (Å²) in [6.45, 7) is 2.23. The topological polar surface area (TPSA) is 35.5 Å². The van der Waals surface area contributed by atoms with Crippen LogP contribution < -0.4 is 0 Å². The molecule has 2 saturated heterocycles. The minimum atomic E-state index is -0.123. The molecular formula is C17H28O3. The van der Waals surface area contributed by atoms with Gasteiger partial charge >= 0.3 is 0 Å². The van der Waals surface area contributed by atoms with Gasteiger partial charge in [0.2, 0.25) is 0 Å². The molecule has 0 N–H and O–H groups in total. The van der Waals surface area contributed by atoms with E-state index in [9.17, 15) is 4.79 Å². The van der Waals surface area contributed by atoms with E-state index in [1.165, 1.54) is 38.5 Å². The number of ketones is 1. The number of ether oxygens (including phenoxy) is 2. The molecule has 1 aliphatic carbocycles. The van der Waals surface area contributed by atoms with Crippen molar-refractivity contribution in [1.29, 1.82) is 0 Å². The maximum Gasteiger partial charge on any atom is 0.136 e. The Morgan fingerprint density at radius 3 is 2.55 bits per heavy atom. The summed E-state index contributed by atoms with van der Waals surface area (Å²) >= 11 is 0. The molecule has 2 heterocycles. The van der Waals surface area contributed by atoms with Crippen molar-refractivity contribution in [3.63, 3.8) is 0 Å². The van der Waals surface area contributed by atoms with Crippen LogP contribution in [0.3, 0.4) is 0 Å². The van der Waals surface area contributed by atoms with Gasteiger partial charge in [-0.2, -0.15) is 0 Å². The summed E-state index contributed by atoms with van der Waals surface area (Å²) in [7, 11) is 0. The van der Waals surface area contributed by atoms with Crippen molar-refractivity contribution in [3.8, 4) is 0 Å². The number of hydrogen-bond acceptors (Lipinski definition) is 3. The minimum Gasteiger partial charge on any atom is -0.378 e. The first-order chi connectivity index (χ1) is 9.77. The molecule has 3 aliphatic rings. The zero-order valence-electron chi connectivity index (χ0n) is 12.6. The highest BCUT2D eigenvalue weighted by atomic mass is 16.6. The molecule has 1 spiro atoms. The number of Topliss-reactive ketones (excluding diaryl/α,β-unsaturated/α-hetero) is 1. The van der Waals surface area contributed by atoms with Gasteiger partial charge in [0, 0.05) is 32.0 Å². The van der Waals surface area contributed by atoms with Crippen LogP contribution in [-0.2, 0) is 14.3 Å². The van der Waals surface area contributed by atoms with Crippen molar-refractivity contribution in [2.45, 2.75) is 69.8 Å². The van der Waals surface area contributed by atoms with E-state index >= 15 is 0 Å². The highest BCUT2D eigenvalue weighted by molar-refractivity contribution is 5.81. The first-order valence-electron chi connectivity index (χ1n) is 8.52. The zero-order chi connectivity index (χ0) is 13.8. The van der Waals surface area contributed by atoms with Gasteiger partial charge in [-0.3, -0.25) is 4.79 Å². The molecule has 2 atom stereocenters. The predicted molar refractivity (Wildman–Crippen MR) is 77.7 cm³/mol. The summed E-state index contributed by atoms with van der Waals surface area (Å²) in [5.41, 5.74) is -0.123. The van der Waals surface area contributed by atoms with E-state index in [0.717, 1.165) is 38.9 Å². The predicted octanol–water partition coefficient (Wildman–Crippen LogP) is 3.50. The van der Waals surface area contributed by atoms with Crippen LogP contribution in [0, 0.1) is 11.8 Å². The Hall–Kier alpha value is -0.410. The monoisotopic (exact) mass is 280 g/mol. The molecule has 3 rings (SSSR count). The second kappa shape index (κ2) is 6.57. The van der Waals surface area contributed by atoms with Crippen LogP contribution in [0.5, 0.6) is 0 Å². The van der Waals surface area contributed by atoms with E-state index in [2.05, 4.69) is 0 Å². The molecule has 1 saturated carbocycles. The summed E-state index contributed by atoms with van der Waals surface area (Å²) in [4.78, 5) is 12.6. The Kier molecular flexibility index (Phi) is 4.77. The van der Waals surface area contributed by atoms with Gasteiger partial charge in [0.15, 0.2) is 0 Å². The summed E-state index contributed by atoms with van der Waals surface area (Å²) in [5, 5.41) is 0. The van der Waals surface area contributed by atoms with Gasteiger partial charge in [0.1, 0.15) is 5.78 Å². The molecule has 2 aliphatic heterocycles. The standard InChI is InChI=1S/C17H28O3/c18-16(11-14-5-3-1-2-4-6-14)15-7-9-20-17(12-15)8-10-19-13-17/h14-15H,1-13H2. The third-order valence-corrected chi connectivity index (χ3v) is 5.48. The molecule has 20 heavy (non-hydrogen) atoms. The highest BCUT2D eigenvalue weighted by Gasteiger charge is 2.42. The maximum absolute atomic E-state index is 12.6. The van der Waals surface area contributed by atoms with Crippen LogP contribution in [0.15, 0.2) is 0 Å². The normalized spacial score (nSPS) is 36.1. The lowest BCUT2D eigenvalue weighted by molar-refractivity contribution is -0.138. The Labute approximate surface area is 122 Å². The Balaban J connectivity index is 1.53. The Morgan fingerprint density at radius 1 is 1.05 bits per heavy atom. The molecule has 0 aromatic carbocycles. The summed E-state index contributed by atoms with van der Waals surface area (Å²) in [6, 6.07) is 0. The fraction of sp³-hybridized carbons (Fsp3) is 0.941. The van der Waals surface area contributed by atoms with Gasteiger partial charge in [-0.25, -0.2) is 0 Å². The van der Waals surface area contributed by atoms with Gasteiger partial charge in [0.05, 0.1) is 12.2 Å². The first kappa shape index (κ1) is 14.5. The molecule has 0 aromatic heterocycles.